The molecule has 5 rings (SSSR count). The first-order valence-electron chi connectivity index (χ1n) is 5.82. The summed E-state index contributed by atoms with van der Waals surface area (Å²) in [5.74, 6) is 2.95. The summed E-state index contributed by atoms with van der Waals surface area (Å²) in [6.07, 6.45) is 7.34. The zero-order valence-corrected chi connectivity index (χ0v) is 8.85. The van der Waals surface area contributed by atoms with E-state index in [-0.39, 0.29) is 0 Å². The topological polar surface area (TPSA) is 0 Å². The van der Waals surface area contributed by atoms with Crippen LogP contribution in [0.1, 0.15) is 29.9 Å². The average molecular weight is 194 g/mol. The van der Waals surface area contributed by atoms with Gasteiger partial charge in [0.2, 0.25) is 0 Å². The SMILES string of the molecule is CC1=C[C@@H]2[C@H]1[C@@H]1C=C[C@@H]2c2ccccc21. The van der Waals surface area contributed by atoms with E-state index in [0.717, 1.165) is 11.8 Å². The Balaban J connectivity index is 1.96. The number of hydrogen-bond acceptors (Lipinski definition) is 0. The van der Waals surface area contributed by atoms with Gasteiger partial charge >= 0.3 is 0 Å². The molecule has 15 heavy (non-hydrogen) atoms. The van der Waals surface area contributed by atoms with Crippen molar-refractivity contribution >= 4 is 0 Å². The van der Waals surface area contributed by atoms with E-state index >= 15 is 0 Å². The lowest BCUT2D eigenvalue weighted by Crippen LogP contribution is -2.40. The third-order valence-electron chi connectivity index (χ3n) is 4.44. The zero-order valence-electron chi connectivity index (χ0n) is 8.85. The van der Waals surface area contributed by atoms with Crippen LogP contribution in [-0.2, 0) is 0 Å². The summed E-state index contributed by atoms with van der Waals surface area (Å²) in [7, 11) is 0. The van der Waals surface area contributed by atoms with Crippen LogP contribution >= 0.6 is 0 Å². The van der Waals surface area contributed by atoms with Crippen LogP contribution in [0.3, 0.4) is 0 Å². The predicted octanol–water partition coefficient (Wildman–Crippen LogP) is 3.63. The molecule has 0 heteroatoms. The third-order valence-corrected chi connectivity index (χ3v) is 4.44. The van der Waals surface area contributed by atoms with Crippen LogP contribution < -0.4 is 0 Å². The van der Waals surface area contributed by atoms with Crippen molar-refractivity contribution in [1.29, 1.82) is 0 Å². The fourth-order valence-electron chi connectivity index (χ4n) is 3.77. The highest BCUT2D eigenvalue weighted by atomic mass is 14.5. The van der Waals surface area contributed by atoms with E-state index in [2.05, 4.69) is 49.4 Å². The van der Waals surface area contributed by atoms with Crippen molar-refractivity contribution in [2.24, 2.45) is 11.8 Å². The normalized spacial score (nSPS) is 39.1. The first-order valence-corrected chi connectivity index (χ1v) is 5.82. The standard InChI is InChI=1S/C15H14/c1-9-8-14-12-6-7-13(15(9)14)11-5-3-2-4-10(11)12/h2-8,12-15H,1H3/t12-,13-,14+,15-/m1/s1. The van der Waals surface area contributed by atoms with Gasteiger partial charge in [-0.25, -0.2) is 0 Å². The predicted molar refractivity (Wildman–Crippen MR) is 61.8 cm³/mol. The summed E-state index contributed by atoms with van der Waals surface area (Å²) in [6, 6.07) is 8.99. The highest BCUT2D eigenvalue weighted by Gasteiger charge is 2.47. The molecule has 0 aromatic heterocycles. The van der Waals surface area contributed by atoms with Crippen LogP contribution in [0.2, 0.25) is 0 Å². The number of benzene rings is 1. The van der Waals surface area contributed by atoms with Crippen LogP contribution in [0.25, 0.3) is 0 Å². The first kappa shape index (κ1) is 7.92. The van der Waals surface area contributed by atoms with Gasteiger partial charge in [0.1, 0.15) is 0 Å². The Bertz CT molecular complexity index is 493. The van der Waals surface area contributed by atoms with E-state index in [1.165, 1.54) is 0 Å². The van der Waals surface area contributed by atoms with Crippen molar-refractivity contribution in [2.45, 2.75) is 18.8 Å². The second-order valence-corrected chi connectivity index (χ2v) is 5.08. The Hall–Kier alpha value is -1.30. The fraction of sp³-hybridized carbons (Fsp3) is 0.333. The van der Waals surface area contributed by atoms with Gasteiger partial charge < -0.3 is 0 Å². The molecule has 1 aromatic rings. The maximum absolute atomic E-state index is 2.47. The molecule has 4 aliphatic rings. The summed E-state index contributed by atoms with van der Waals surface area (Å²) in [5.41, 5.74) is 4.77. The largest absolute Gasteiger partial charge is 0.0806 e. The van der Waals surface area contributed by atoms with Crippen molar-refractivity contribution in [3.63, 3.8) is 0 Å². The molecule has 0 saturated heterocycles. The highest BCUT2D eigenvalue weighted by Crippen LogP contribution is 2.59. The molecular weight excluding hydrogens is 180 g/mol. The highest BCUT2D eigenvalue weighted by molar-refractivity contribution is 5.51. The lowest BCUT2D eigenvalue weighted by atomic mass is 9.53. The van der Waals surface area contributed by atoms with Gasteiger partial charge in [0.25, 0.3) is 0 Å². The molecule has 0 saturated carbocycles. The third kappa shape index (κ3) is 0.797. The second-order valence-electron chi connectivity index (χ2n) is 5.08. The summed E-state index contributed by atoms with van der Waals surface area (Å²) < 4.78 is 0. The van der Waals surface area contributed by atoms with Crippen molar-refractivity contribution in [1.82, 2.24) is 0 Å². The van der Waals surface area contributed by atoms with E-state index in [4.69, 9.17) is 0 Å². The molecule has 2 bridgehead atoms. The number of rotatable bonds is 0. The molecule has 0 aliphatic heterocycles. The van der Waals surface area contributed by atoms with Crippen LogP contribution in [0.4, 0.5) is 0 Å². The maximum Gasteiger partial charge on any atom is 0.00925 e. The fourth-order valence-corrected chi connectivity index (χ4v) is 3.77. The van der Waals surface area contributed by atoms with Gasteiger partial charge in [0.15, 0.2) is 0 Å². The van der Waals surface area contributed by atoms with Crippen molar-refractivity contribution in [3.8, 4) is 0 Å². The van der Waals surface area contributed by atoms with E-state index in [1.807, 2.05) is 0 Å². The molecule has 4 atom stereocenters. The summed E-state index contributed by atoms with van der Waals surface area (Å²) in [4.78, 5) is 0. The van der Waals surface area contributed by atoms with Crippen LogP contribution in [0.5, 0.6) is 0 Å². The number of hydrogen-bond donors (Lipinski definition) is 0. The Kier molecular flexibility index (Phi) is 1.29. The van der Waals surface area contributed by atoms with Crippen LogP contribution in [0.15, 0.2) is 48.1 Å². The van der Waals surface area contributed by atoms with E-state index in [9.17, 15) is 0 Å². The minimum Gasteiger partial charge on any atom is -0.0806 e. The minimum atomic E-state index is 0.667. The Morgan fingerprint density at radius 1 is 0.933 bits per heavy atom. The second kappa shape index (κ2) is 2.44. The van der Waals surface area contributed by atoms with E-state index in [1.54, 1.807) is 16.7 Å². The van der Waals surface area contributed by atoms with Gasteiger partial charge in [0.05, 0.1) is 0 Å². The molecule has 0 amide bonds. The minimum absolute atomic E-state index is 0.667. The molecule has 0 spiro atoms. The van der Waals surface area contributed by atoms with Gasteiger partial charge in [-0.15, -0.1) is 0 Å². The maximum atomic E-state index is 2.47. The van der Waals surface area contributed by atoms with Crippen LogP contribution in [0, 0.1) is 11.8 Å². The summed E-state index contributed by atoms with van der Waals surface area (Å²) >= 11 is 0. The molecule has 0 nitrogen and oxygen atoms in total. The van der Waals surface area contributed by atoms with E-state index < -0.39 is 0 Å². The molecule has 4 aliphatic carbocycles. The smallest absolute Gasteiger partial charge is 0.00925 e. The van der Waals surface area contributed by atoms with Gasteiger partial charge in [-0.2, -0.15) is 0 Å². The Labute approximate surface area is 90.3 Å². The molecule has 0 unspecified atom stereocenters. The first-order chi connectivity index (χ1) is 7.36. The van der Waals surface area contributed by atoms with Crippen molar-refractivity contribution in [3.05, 3.63) is 59.2 Å². The van der Waals surface area contributed by atoms with Gasteiger partial charge in [-0.3, -0.25) is 0 Å². The van der Waals surface area contributed by atoms with Crippen molar-refractivity contribution < 1.29 is 0 Å². The van der Waals surface area contributed by atoms with Gasteiger partial charge in [0, 0.05) is 11.8 Å². The lowest BCUT2D eigenvalue weighted by molar-refractivity contribution is 0.294. The molecule has 74 valence electrons. The van der Waals surface area contributed by atoms with Gasteiger partial charge in [-0.05, 0) is 29.9 Å². The van der Waals surface area contributed by atoms with Crippen molar-refractivity contribution in [2.75, 3.05) is 0 Å². The Morgan fingerprint density at radius 2 is 1.60 bits per heavy atom. The molecular formula is C15H14. The molecule has 0 heterocycles. The number of allylic oxidation sites excluding steroid dienone is 4. The summed E-state index contributed by atoms with van der Waals surface area (Å²) in [5, 5.41) is 0. The Morgan fingerprint density at radius 3 is 2.33 bits per heavy atom. The summed E-state index contributed by atoms with van der Waals surface area (Å²) in [6.45, 7) is 2.29. The monoisotopic (exact) mass is 194 g/mol. The average Bonchev–Trinajstić information content (AvgIpc) is 2.27. The van der Waals surface area contributed by atoms with Gasteiger partial charge in [-0.1, -0.05) is 48.1 Å². The molecule has 0 N–H and O–H groups in total. The molecule has 1 aromatic carbocycles. The van der Waals surface area contributed by atoms with E-state index in [0.29, 0.717) is 11.8 Å². The quantitative estimate of drug-likeness (QED) is 0.553. The zero-order chi connectivity index (χ0) is 9.99. The molecule has 0 radical (unpaired) electrons. The lowest BCUT2D eigenvalue weighted by Gasteiger charge is -2.51. The van der Waals surface area contributed by atoms with Crippen LogP contribution in [-0.4, -0.2) is 0 Å². The molecule has 0 fully saturated rings.